The number of nitrogens with one attached hydrogen (secondary N) is 2. The highest BCUT2D eigenvalue weighted by Crippen LogP contribution is 2.29. The molecular formula is C27H37N5O3. The van der Waals surface area contributed by atoms with Crippen LogP contribution in [0.15, 0.2) is 33.5 Å². The summed E-state index contributed by atoms with van der Waals surface area (Å²) < 4.78 is 5.23. The number of para-hydroxylation sites is 1. The number of fused-ring (bicyclic) bond motifs is 1. The molecule has 2 heterocycles. The maximum absolute atomic E-state index is 13.6. The average Bonchev–Trinajstić information content (AvgIpc) is 2.88. The van der Waals surface area contributed by atoms with Crippen molar-refractivity contribution in [3.8, 4) is 6.07 Å². The zero-order valence-electron chi connectivity index (χ0n) is 20.7. The lowest BCUT2D eigenvalue weighted by molar-refractivity contribution is -0.123. The zero-order valence-corrected chi connectivity index (χ0v) is 20.7. The summed E-state index contributed by atoms with van der Waals surface area (Å²) in [7, 11) is 0. The molecule has 1 atom stereocenters. The third-order valence-corrected chi connectivity index (χ3v) is 7.58. The number of likely N-dealkylation sites (tertiary alicyclic amines) is 1. The van der Waals surface area contributed by atoms with E-state index in [0.717, 1.165) is 32.5 Å². The fourth-order valence-corrected chi connectivity index (χ4v) is 5.50. The van der Waals surface area contributed by atoms with Gasteiger partial charge in [0.05, 0.1) is 11.5 Å². The summed E-state index contributed by atoms with van der Waals surface area (Å²) in [4.78, 5) is 32.1. The van der Waals surface area contributed by atoms with Crippen LogP contribution in [0.3, 0.4) is 0 Å². The van der Waals surface area contributed by atoms with Crippen LogP contribution in [0.4, 0.5) is 5.82 Å². The molecule has 1 aliphatic heterocycles. The number of carbonyl (C=O) groups excluding carboxylic acids is 1. The van der Waals surface area contributed by atoms with Gasteiger partial charge in [-0.15, -0.1) is 0 Å². The molecule has 188 valence electrons. The molecule has 1 aromatic heterocycles. The summed E-state index contributed by atoms with van der Waals surface area (Å²) in [5, 5.41) is 17.0. The van der Waals surface area contributed by atoms with Crippen LogP contribution >= 0.6 is 0 Å². The summed E-state index contributed by atoms with van der Waals surface area (Å²) in [6, 6.07) is 9.00. The molecule has 1 unspecified atom stereocenters. The highest BCUT2D eigenvalue weighted by Gasteiger charge is 2.38. The predicted molar refractivity (Wildman–Crippen MR) is 136 cm³/mol. The summed E-state index contributed by atoms with van der Waals surface area (Å²) >= 11 is 0. The number of amides is 1. The molecule has 0 spiro atoms. The Morgan fingerprint density at radius 3 is 2.71 bits per heavy atom. The fraction of sp³-hybridized carbons (Fsp3) is 0.630. The van der Waals surface area contributed by atoms with Crippen LogP contribution in [0.25, 0.3) is 11.0 Å². The second kappa shape index (κ2) is 11.7. The number of hydrogen-bond donors (Lipinski definition) is 2. The van der Waals surface area contributed by atoms with Gasteiger partial charge in [0, 0.05) is 13.1 Å². The van der Waals surface area contributed by atoms with Crippen molar-refractivity contribution in [2.24, 2.45) is 5.92 Å². The number of piperidine rings is 1. The standard InChI is InChI=1S/C27H37N5O3/c1-2-16-32-17-14-27(19-28,15-18-32)31-25(33)22(13-12-20-8-4-3-5-9-20)29-24-21-10-6-7-11-23(21)35-26(34)30-24/h6-7,10-11,20,22H,2-5,8-9,12-18H2,1H3,(H,31,33)(H,29,30,34). The molecule has 1 amide bonds. The SMILES string of the molecule is CCCN1CCC(C#N)(NC(=O)C(CCC2CCCCC2)Nc2nc(=O)oc3ccccc23)CC1. The fourth-order valence-electron chi connectivity index (χ4n) is 5.50. The van der Waals surface area contributed by atoms with Crippen molar-refractivity contribution in [1.29, 1.82) is 5.26 Å². The van der Waals surface area contributed by atoms with Gasteiger partial charge in [-0.05, 0) is 56.7 Å². The molecule has 1 aliphatic carbocycles. The molecule has 2 aliphatic rings. The molecule has 2 fully saturated rings. The predicted octanol–water partition coefficient (Wildman–Crippen LogP) is 4.21. The molecule has 4 rings (SSSR count). The van der Waals surface area contributed by atoms with Gasteiger partial charge >= 0.3 is 5.76 Å². The Balaban J connectivity index is 1.53. The Kier molecular flexibility index (Phi) is 8.40. The van der Waals surface area contributed by atoms with Crippen LogP contribution in [0, 0.1) is 17.2 Å². The first kappa shape index (κ1) is 25.2. The number of hydrogen-bond acceptors (Lipinski definition) is 7. The van der Waals surface area contributed by atoms with E-state index in [1.54, 1.807) is 12.1 Å². The molecule has 8 heteroatoms. The van der Waals surface area contributed by atoms with Crippen molar-refractivity contribution in [1.82, 2.24) is 15.2 Å². The number of benzene rings is 1. The molecule has 0 bridgehead atoms. The van der Waals surface area contributed by atoms with Crippen LogP contribution in [0.5, 0.6) is 0 Å². The molecule has 8 nitrogen and oxygen atoms in total. The topological polar surface area (TPSA) is 111 Å². The number of anilines is 1. The Morgan fingerprint density at radius 2 is 2.00 bits per heavy atom. The summed E-state index contributed by atoms with van der Waals surface area (Å²) in [6.45, 7) is 4.76. The van der Waals surface area contributed by atoms with E-state index < -0.39 is 17.3 Å². The molecule has 1 aromatic carbocycles. The second-order valence-corrected chi connectivity index (χ2v) is 10.1. The molecule has 35 heavy (non-hydrogen) atoms. The number of aromatic nitrogens is 1. The third kappa shape index (κ3) is 6.40. The zero-order chi connectivity index (χ0) is 24.7. The minimum atomic E-state index is -0.864. The second-order valence-electron chi connectivity index (χ2n) is 10.1. The third-order valence-electron chi connectivity index (χ3n) is 7.58. The monoisotopic (exact) mass is 479 g/mol. The quantitative estimate of drug-likeness (QED) is 0.554. The minimum absolute atomic E-state index is 0.203. The summed E-state index contributed by atoms with van der Waals surface area (Å²) in [6.07, 6.45) is 10.0. The van der Waals surface area contributed by atoms with E-state index in [4.69, 9.17) is 4.42 Å². The van der Waals surface area contributed by atoms with E-state index in [-0.39, 0.29) is 5.91 Å². The molecular weight excluding hydrogens is 442 g/mol. The lowest BCUT2D eigenvalue weighted by Crippen LogP contribution is -2.57. The summed E-state index contributed by atoms with van der Waals surface area (Å²) in [5.41, 5.74) is -0.435. The van der Waals surface area contributed by atoms with Crippen molar-refractivity contribution >= 4 is 22.7 Å². The maximum atomic E-state index is 13.6. The van der Waals surface area contributed by atoms with Crippen molar-refractivity contribution in [3.05, 3.63) is 34.8 Å². The number of nitrogens with zero attached hydrogens (tertiary/aromatic N) is 3. The van der Waals surface area contributed by atoms with Gasteiger partial charge in [0.25, 0.3) is 0 Å². The normalized spacial score (nSPS) is 19.7. The van der Waals surface area contributed by atoms with Gasteiger partial charge in [0.15, 0.2) is 0 Å². The number of rotatable bonds is 9. The van der Waals surface area contributed by atoms with E-state index in [9.17, 15) is 14.9 Å². The average molecular weight is 480 g/mol. The number of nitriles is 1. The molecule has 2 aromatic rings. The smallest absolute Gasteiger partial charge is 0.408 e. The van der Waals surface area contributed by atoms with Gasteiger partial charge in [-0.1, -0.05) is 51.2 Å². The van der Waals surface area contributed by atoms with Crippen LogP contribution < -0.4 is 16.4 Å². The Bertz CT molecular complexity index is 1090. The van der Waals surface area contributed by atoms with E-state index in [1.807, 2.05) is 12.1 Å². The van der Waals surface area contributed by atoms with Crippen molar-refractivity contribution < 1.29 is 9.21 Å². The van der Waals surface area contributed by atoms with Gasteiger partial charge in [-0.2, -0.15) is 10.2 Å². The van der Waals surface area contributed by atoms with E-state index in [2.05, 4.69) is 33.5 Å². The molecule has 0 radical (unpaired) electrons. The lowest BCUT2D eigenvalue weighted by Gasteiger charge is -2.38. The van der Waals surface area contributed by atoms with Crippen molar-refractivity contribution in [2.75, 3.05) is 25.0 Å². The molecule has 1 saturated heterocycles. The van der Waals surface area contributed by atoms with Crippen molar-refractivity contribution in [3.63, 3.8) is 0 Å². The van der Waals surface area contributed by atoms with Crippen LogP contribution in [-0.4, -0.2) is 47.0 Å². The van der Waals surface area contributed by atoms with Gasteiger partial charge in [-0.25, -0.2) is 4.79 Å². The van der Waals surface area contributed by atoms with Gasteiger partial charge in [-0.3, -0.25) is 4.79 Å². The lowest BCUT2D eigenvalue weighted by atomic mass is 9.84. The van der Waals surface area contributed by atoms with Gasteiger partial charge in [0.2, 0.25) is 5.91 Å². The van der Waals surface area contributed by atoms with E-state index in [1.165, 1.54) is 32.1 Å². The summed E-state index contributed by atoms with van der Waals surface area (Å²) in [5.74, 6) is 0.0536. The molecule has 2 N–H and O–H groups in total. The Morgan fingerprint density at radius 1 is 1.26 bits per heavy atom. The highest BCUT2D eigenvalue weighted by atomic mass is 16.4. The van der Waals surface area contributed by atoms with Crippen LogP contribution in [-0.2, 0) is 4.79 Å². The van der Waals surface area contributed by atoms with Gasteiger partial charge < -0.3 is 20.0 Å². The maximum Gasteiger partial charge on any atom is 0.441 e. The Labute approximate surface area is 207 Å². The molecule has 1 saturated carbocycles. The van der Waals surface area contributed by atoms with Crippen molar-refractivity contribution in [2.45, 2.75) is 82.7 Å². The van der Waals surface area contributed by atoms with Crippen LogP contribution in [0.2, 0.25) is 0 Å². The largest absolute Gasteiger partial charge is 0.441 e. The first-order chi connectivity index (χ1) is 17.0. The van der Waals surface area contributed by atoms with Crippen LogP contribution in [0.1, 0.15) is 71.1 Å². The van der Waals surface area contributed by atoms with Gasteiger partial charge in [0.1, 0.15) is 23.0 Å². The van der Waals surface area contributed by atoms with E-state index >= 15 is 0 Å². The number of carbonyl (C=O) groups is 1. The Hall–Kier alpha value is -2.92. The first-order valence-corrected chi connectivity index (χ1v) is 13.1. The first-order valence-electron chi connectivity index (χ1n) is 13.1. The highest BCUT2D eigenvalue weighted by molar-refractivity contribution is 5.91. The van der Waals surface area contributed by atoms with E-state index in [0.29, 0.717) is 42.0 Å². The minimum Gasteiger partial charge on any atom is -0.408 e.